The first kappa shape index (κ1) is 14.2. The monoisotopic (exact) mass is 287 g/mol. The van der Waals surface area contributed by atoms with Gasteiger partial charge in [0.05, 0.1) is 0 Å². The Balaban J connectivity index is 1.86. The molecule has 0 saturated carbocycles. The molecule has 3 heteroatoms. The predicted octanol–water partition coefficient (Wildman–Crippen LogP) is 4.26. The highest BCUT2D eigenvalue weighted by Crippen LogP contribution is 2.41. The van der Waals surface area contributed by atoms with Crippen LogP contribution in [0.15, 0.2) is 36.4 Å². The van der Waals surface area contributed by atoms with Crippen molar-refractivity contribution in [3.05, 3.63) is 70.3 Å². The van der Waals surface area contributed by atoms with Crippen molar-refractivity contribution in [2.45, 2.75) is 31.7 Å². The van der Waals surface area contributed by atoms with Gasteiger partial charge in [0.25, 0.3) is 0 Å². The van der Waals surface area contributed by atoms with Gasteiger partial charge < -0.3 is 5.32 Å². The van der Waals surface area contributed by atoms with Crippen molar-refractivity contribution >= 4 is 0 Å². The van der Waals surface area contributed by atoms with Crippen LogP contribution in [-0.4, -0.2) is 7.05 Å². The maximum absolute atomic E-state index is 14.3. The molecular weight excluding hydrogens is 268 g/mol. The fourth-order valence-electron chi connectivity index (χ4n) is 3.24. The van der Waals surface area contributed by atoms with Gasteiger partial charge in [-0.1, -0.05) is 30.3 Å². The van der Waals surface area contributed by atoms with Gasteiger partial charge in [-0.3, -0.25) is 0 Å². The molecule has 0 radical (unpaired) electrons. The predicted molar refractivity (Wildman–Crippen MR) is 80.4 cm³/mol. The van der Waals surface area contributed by atoms with Gasteiger partial charge in [-0.25, -0.2) is 8.78 Å². The molecule has 2 aromatic carbocycles. The van der Waals surface area contributed by atoms with E-state index in [9.17, 15) is 8.78 Å². The van der Waals surface area contributed by atoms with Gasteiger partial charge in [-0.15, -0.1) is 0 Å². The first-order valence-corrected chi connectivity index (χ1v) is 7.31. The molecule has 0 heterocycles. The molecule has 1 aliphatic rings. The van der Waals surface area contributed by atoms with Crippen molar-refractivity contribution in [1.82, 2.24) is 5.32 Å². The second-order valence-electron chi connectivity index (χ2n) is 5.77. The molecule has 0 saturated heterocycles. The van der Waals surface area contributed by atoms with E-state index >= 15 is 0 Å². The highest BCUT2D eigenvalue weighted by Gasteiger charge is 2.30. The maximum Gasteiger partial charge on any atom is 0.133 e. The molecule has 1 N–H and O–H groups in total. The van der Waals surface area contributed by atoms with Gasteiger partial charge in [-0.2, -0.15) is 0 Å². The van der Waals surface area contributed by atoms with Gasteiger partial charge in [0.2, 0.25) is 0 Å². The lowest BCUT2D eigenvalue weighted by molar-refractivity contribution is 0.418. The molecule has 1 aliphatic carbocycles. The summed E-state index contributed by atoms with van der Waals surface area (Å²) in [5, 5.41) is 3.08. The fraction of sp³-hybridized carbons (Fsp3) is 0.333. The molecule has 1 nitrogen and oxygen atoms in total. The van der Waals surface area contributed by atoms with Crippen molar-refractivity contribution in [2.24, 2.45) is 0 Å². The van der Waals surface area contributed by atoms with E-state index in [1.54, 1.807) is 14.0 Å². The van der Waals surface area contributed by atoms with Crippen LogP contribution in [0.4, 0.5) is 8.78 Å². The van der Waals surface area contributed by atoms with Crippen LogP contribution in [0, 0.1) is 18.6 Å². The molecule has 110 valence electrons. The Kier molecular flexibility index (Phi) is 3.77. The molecule has 21 heavy (non-hydrogen) atoms. The molecule has 2 unspecified atom stereocenters. The van der Waals surface area contributed by atoms with Crippen LogP contribution in [-0.2, 0) is 6.42 Å². The number of rotatable bonds is 4. The minimum Gasteiger partial charge on any atom is -0.313 e. The number of fused-ring (bicyclic) bond motifs is 1. The Hall–Kier alpha value is -1.74. The normalized spacial score (nSPS) is 18.0. The van der Waals surface area contributed by atoms with E-state index in [-0.39, 0.29) is 11.6 Å². The highest BCUT2D eigenvalue weighted by molar-refractivity contribution is 5.40. The summed E-state index contributed by atoms with van der Waals surface area (Å²) in [6.45, 7) is 1.67. The van der Waals surface area contributed by atoms with Crippen LogP contribution in [0.2, 0.25) is 0 Å². The lowest BCUT2D eigenvalue weighted by atomic mass is 9.73. The van der Waals surface area contributed by atoms with Gasteiger partial charge >= 0.3 is 0 Å². The van der Waals surface area contributed by atoms with Crippen molar-refractivity contribution < 1.29 is 8.78 Å². The molecule has 2 aromatic rings. The number of hydrogen-bond donors (Lipinski definition) is 1. The zero-order valence-corrected chi connectivity index (χ0v) is 12.3. The van der Waals surface area contributed by atoms with Crippen LogP contribution in [0.1, 0.15) is 40.6 Å². The number of halogens is 2. The molecule has 3 rings (SSSR count). The summed E-state index contributed by atoms with van der Waals surface area (Å²) in [6.07, 6.45) is 1.70. The maximum atomic E-state index is 14.3. The van der Waals surface area contributed by atoms with Crippen LogP contribution in [0.3, 0.4) is 0 Å². The van der Waals surface area contributed by atoms with E-state index in [0.29, 0.717) is 17.9 Å². The molecule has 0 aliphatic heterocycles. The fourth-order valence-corrected chi connectivity index (χ4v) is 3.24. The Labute approximate surface area is 124 Å². The van der Waals surface area contributed by atoms with Crippen LogP contribution in [0.25, 0.3) is 0 Å². The van der Waals surface area contributed by atoms with Crippen molar-refractivity contribution in [3.63, 3.8) is 0 Å². The summed E-state index contributed by atoms with van der Waals surface area (Å²) in [6, 6.07) is 10.8. The Morgan fingerprint density at radius 3 is 2.67 bits per heavy atom. The second-order valence-corrected chi connectivity index (χ2v) is 5.77. The number of nitrogens with one attached hydrogen (secondary N) is 1. The standard InChI is InChI=1S/C18H19F2N/c1-11-7-8-15(19)17(18(11)20)16(21-2)10-13-9-12-5-3-4-6-14(12)13/h3-8,13,16,21H,9-10H2,1-2H3. The van der Waals surface area contributed by atoms with E-state index in [0.717, 1.165) is 6.42 Å². The summed E-state index contributed by atoms with van der Waals surface area (Å²) in [5.74, 6) is -0.523. The average molecular weight is 287 g/mol. The highest BCUT2D eigenvalue weighted by atomic mass is 19.1. The van der Waals surface area contributed by atoms with Crippen LogP contribution < -0.4 is 5.32 Å². The van der Waals surface area contributed by atoms with Gasteiger partial charge in [0.15, 0.2) is 0 Å². The molecule has 0 amide bonds. The van der Waals surface area contributed by atoms with Crippen LogP contribution >= 0.6 is 0 Å². The third kappa shape index (κ3) is 2.46. The lowest BCUT2D eigenvalue weighted by Crippen LogP contribution is -2.26. The SMILES string of the molecule is CNC(CC1Cc2ccccc21)c1c(F)ccc(C)c1F. The minimum atomic E-state index is -0.468. The smallest absolute Gasteiger partial charge is 0.133 e. The summed E-state index contributed by atoms with van der Waals surface area (Å²) in [7, 11) is 1.76. The van der Waals surface area contributed by atoms with Gasteiger partial charge in [0, 0.05) is 11.6 Å². The molecule has 0 aromatic heterocycles. The lowest BCUT2D eigenvalue weighted by Gasteiger charge is -2.33. The number of aryl methyl sites for hydroxylation is 1. The summed E-state index contributed by atoms with van der Waals surface area (Å²) in [5.41, 5.74) is 3.32. The third-order valence-corrected chi connectivity index (χ3v) is 4.50. The van der Waals surface area contributed by atoms with Gasteiger partial charge in [0.1, 0.15) is 11.6 Å². The number of hydrogen-bond acceptors (Lipinski definition) is 1. The minimum absolute atomic E-state index is 0.168. The first-order valence-electron chi connectivity index (χ1n) is 7.31. The summed E-state index contributed by atoms with van der Waals surface area (Å²) >= 11 is 0. The molecule has 0 bridgehead atoms. The topological polar surface area (TPSA) is 12.0 Å². The molecular formula is C18H19F2N. The van der Waals surface area contributed by atoms with Crippen molar-refractivity contribution in [2.75, 3.05) is 7.05 Å². The summed E-state index contributed by atoms with van der Waals surface area (Å²) in [4.78, 5) is 0. The van der Waals surface area contributed by atoms with Crippen LogP contribution in [0.5, 0.6) is 0 Å². The van der Waals surface area contributed by atoms with E-state index < -0.39 is 11.6 Å². The molecule has 0 fully saturated rings. The quantitative estimate of drug-likeness (QED) is 0.885. The van der Waals surface area contributed by atoms with Crippen molar-refractivity contribution in [1.29, 1.82) is 0 Å². The zero-order chi connectivity index (χ0) is 15.0. The van der Waals surface area contributed by atoms with E-state index in [1.807, 2.05) is 12.1 Å². The van der Waals surface area contributed by atoms with E-state index in [2.05, 4.69) is 17.4 Å². The molecule has 0 spiro atoms. The number of benzene rings is 2. The average Bonchev–Trinajstić information content (AvgIpc) is 2.47. The molecule has 2 atom stereocenters. The third-order valence-electron chi connectivity index (χ3n) is 4.50. The largest absolute Gasteiger partial charge is 0.313 e. The van der Waals surface area contributed by atoms with E-state index in [4.69, 9.17) is 0 Å². The van der Waals surface area contributed by atoms with Gasteiger partial charge in [-0.05, 0) is 55.5 Å². The Morgan fingerprint density at radius 1 is 1.19 bits per heavy atom. The summed E-state index contributed by atoms with van der Waals surface area (Å²) < 4.78 is 28.3. The van der Waals surface area contributed by atoms with Crippen molar-refractivity contribution in [3.8, 4) is 0 Å². The second kappa shape index (κ2) is 5.57. The zero-order valence-electron chi connectivity index (χ0n) is 12.3. The van der Waals surface area contributed by atoms with E-state index in [1.165, 1.54) is 23.3 Å². The first-order chi connectivity index (χ1) is 10.1. The Morgan fingerprint density at radius 2 is 1.95 bits per heavy atom. The Bertz CT molecular complexity index is 666.